The molecule has 2 amide bonds. The van der Waals surface area contributed by atoms with Gasteiger partial charge in [-0.25, -0.2) is 4.39 Å². The van der Waals surface area contributed by atoms with Crippen molar-refractivity contribution in [1.82, 2.24) is 9.80 Å². The fourth-order valence-corrected chi connectivity index (χ4v) is 5.97. The summed E-state index contributed by atoms with van der Waals surface area (Å²) >= 11 is 1.64. The van der Waals surface area contributed by atoms with Crippen LogP contribution in [0.5, 0.6) is 5.75 Å². The Labute approximate surface area is 198 Å². The average molecular weight is 472 g/mol. The van der Waals surface area contributed by atoms with Crippen molar-refractivity contribution in [1.29, 1.82) is 0 Å². The van der Waals surface area contributed by atoms with Crippen molar-refractivity contribution < 1.29 is 18.7 Å². The average Bonchev–Trinajstić information content (AvgIpc) is 3.29. The number of rotatable bonds is 5. The molecule has 0 spiro atoms. The number of carbonyl (C=O) groups is 2. The number of halogens is 1. The quantitative estimate of drug-likeness (QED) is 0.665. The highest BCUT2D eigenvalue weighted by Crippen LogP contribution is 2.36. The van der Waals surface area contributed by atoms with Gasteiger partial charge in [-0.3, -0.25) is 9.59 Å². The van der Waals surface area contributed by atoms with Gasteiger partial charge < -0.3 is 19.4 Å². The maximum Gasteiger partial charge on any atom is 0.255 e. The number of thioether (sulfide) groups is 1. The van der Waals surface area contributed by atoms with Gasteiger partial charge >= 0.3 is 0 Å². The second kappa shape index (κ2) is 10.0. The second-order valence-electron chi connectivity index (χ2n) is 8.69. The Bertz CT molecular complexity index is 993. The third-order valence-corrected chi connectivity index (χ3v) is 7.85. The number of piperazine rings is 1. The maximum atomic E-state index is 13.6. The molecule has 176 valence electrons. The highest BCUT2D eigenvalue weighted by atomic mass is 32.2. The molecule has 0 radical (unpaired) electrons. The highest BCUT2D eigenvalue weighted by molar-refractivity contribution is 8.00. The van der Waals surface area contributed by atoms with E-state index in [0.29, 0.717) is 37.5 Å². The van der Waals surface area contributed by atoms with Gasteiger partial charge in [0.15, 0.2) is 0 Å². The van der Waals surface area contributed by atoms with Crippen molar-refractivity contribution in [3.8, 4) is 5.75 Å². The Kier molecular flexibility index (Phi) is 7.12. The van der Waals surface area contributed by atoms with E-state index in [4.69, 9.17) is 4.74 Å². The molecule has 0 N–H and O–H groups in total. The van der Waals surface area contributed by atoms with E-state index in [0.717, 1.165) is 11.4 Å². The summed E-state index contributed by atoms with van der Waals surface area (Å²) < 4.78 is 18.9. The number of ether oxygens (including phenoxy) is 1. The molecule has 2 atom stereocenters. The van der Waals surface area contributed by atoms with Crippen LogP contribution >= 0.6 is 11.8 Å². The molecule has 2 aromatic carbocycles. The molecule has 2 heterocycles. The van der Waals surface area contributed by atoms with Crippen molar-refractivity contribution in [2.24, 2.45) is 5.92 Å². The van der Waals surface area contributed by atoms with Crippen LogP contribution in [0.3, 0.4) is 0 Å². The molecule has 0 bridgehead atoms. The van der Waals surface area contributed by atoms with Crippen LogP contribution in [-0.4, -0.2) is 72.1 Å². The lowest BCUT2D eigenvalue weighted by Crippen LogP contribution is -2.56. The van der Waals surface area contributed by atoms with Crippen LogP contribution in [0.1, 0.15) is 24.2 Å². The number of hydrogen-bond acceptors (Lipinski definition) is 5. The van der Waals surface area contributed by atoms with E-state index in [-0.39, 0.29) is 28.9 Å². The van der Waals surface area contributed by atoms with Gasteiger partial charge in [0.1, 0.15) is 17.6 Å². The molecule has 33 heavy (non-hydrogen) atoms. The van der Waals surface area contributed by atoms with Gasteiger partial charge in [0, 0.05) is 37.5 Å². The number of para-hydroxylation sites is 2. The molecule has 2 fully saturated rings. The van der Waals surface area contributed by atoms with Crippen molar-refractivity contribution in [3.63, 3.8) is 0 Å². The number of carbonyl (C=O) groups excluding carboxylic acids is 2. The summed E-state index contributed by atoms with van der Waals surface area (Å²) in [5, 5.41) is -0.0913. The van der Waals surface area contributed by atoms with Gasteiger partial charge in [-0.15, -0.1) is 11.8 Å². The Balaban J connectivity index is 1.48. The van der Waals surface area contributed by atoms with Crippen molar-refractivity contribution in [2.45, 2.75) is 25.3 Å². The number of hydrogen-bond donors (Lipinski definition) is 0. The summed E-state index contributed by atoms with van der Waals surface area (Å²) in [5.41, 5.74) is 1.43. The van der Waals surface area contributed by atoms with Gasteiger partial charge in [-0.1, -0.05) is 26.0 Å². The van der Waals surface area contributed by atoms with E-state index in [1.165, 1.54) is 24.3 Å². The summed E-state index contributed by atoms with van der Waals surface area (Å²) in [6.45, 7) is 6.69. The first-order valence-corrected chi connectivity index (χ1v) is 12.3. The van der Waals surface area contributed by atoms with Crippen LogP contribution in [0.25, 0.3) is 0 Å². The number of nitrogens with zero attached hydrogens (tertiary/aromatic N) is 3. The zero-order chi connectivity index (χ0) is 23.5. The minimum atomic E-state index is -0.516. The first-order chi connectivity index (χ1) is 15.9. The van der Waals surface area contributed by atoms with Crippen LogP contribution in [0, 0.1) is 11.7 Å². The summed E-state index contributed by atoms with van der Waals surface area (Å²) in [4.78, 5) is 32.7. The maximum absolute atomic E-state index is 13.6. The molecule has 2 saturated heterocycles. The fourth-order valence-electron chi connectivity index (χ4n) is 4.50. The van der Waals surface area contributed by atoms with Crippen molar-refractivity contribution in [2.75, 3.05) is 43.9 Å². The molecule has 0 aliphatic carbocycles. The smallest absolute Gasteiger partial charge is 0.255 e. The van der Waals surface area contributed by atoms with Crippen LogP contribution in [0.2, 0.25) is 0 Å². The summed E-state index contributed by atoms with van der Waals surface area (Å²) in [6.07, 6.45) is 0. The molecule has 6 nitrogen and oxygen atoms in total. The fraction of sp³-hybridized carbons (Fsp3) is 0.440. The standard InChI is InChI=1S/C25H30FN3O3S/c1-17(2)25-29(23(30)18-8-10-19(26)11-9-18)21(16-33-25)24(31)28-14-12-27(13-15-28)20-6-4-5-7-22(20)32-3/h4-11,17,21,25H,12-16H2,1-3H3. The molecule has 4 rings (SSSR count). The molecule has 2 aromatic rings. The lowest BCUT2D eigenvalue weighted by atomic mass is 10.1. The minimum Gasteiger partial charge on any atom is -0.495 e. The van der Waals surface area contributed by atoms with E-state index in [9.17, 15) is 14.0 Å². The van der Waals surface area contributed by atoms with Crippen LogP contribution in [0.4, 0.5) is 10.1 Å². The van der Waals surface area contributed by atoms with Crippen LogP contribution in [0.15, 0.2) is 48.5 Å². The third kappa shape index (κ3) is 4.81. The normalized spacial score (nSPS) is 20.9. The van der Waals surface area contributed by atoms with E-state index < -0.39 is 6.04 Å². The first kappa shape index (κ1) is 23.4. The van der Waals surface area contributed by atoms with E-state index in [1.807, 2.05) is 29.2 Å². The predicted octanol–water partition coefficient (Wildman–Crippen LogP) is 3.72. The number of anilines is 1. The molecule has 0 aromatic heterocycles. The largest absolute Gasteiger partial charge is 0.495 e. The monoisotopic (exact) mass is 471 g/mol. The molecule has 2 aliphatic rings. The Hall–Kier alpha value is -2.74. The summed E-state index contributed by atoms with van der Waals surface area (Å²) in [5.74, 6) is 0.968. The molecule has 2 unspecified atom stereocenters. The number of amides is 2. The van der Waals surface area contributed by atoms with Gasteiger partial charge in [0.2, 0.25) is 5.91 Å². The molecular formula is C25H30FN3O3S. The van der Waals surface area contributed by atoms with E-state index >= 15 is 0 Å². The zero-order valence-electron chi connectivity index (χ0n) is 19.2. The van der Waals surface area contributed by atoms with Gasteiger partial charge in [0.05, 0.1) is 18.2 Å². The number of benzene rings is 2. The summed E-state index contributed by atoms with van der Waals surface area (Å²) in [6, 6.07) is 12.9. The van der Waals surface area contributed by atoms with Crippen molar-refractivity contribution in [3.05, 3.63) is 59.9 Å². The molecule has 0 saturated carbocycles. The van der Waals surface area contributed by atoms with Crippen molar-refractivity contribution >= 4 is 29.3 Å². The predicted molar refractivity (Wildman–Crippen MR) is 129 cm³/mol. The van der Waals surface area contributed by atoms with Crippen LogP contribution < -0.4 is 9.64 Å². The van der Waals surface area contributed by atoms with Crippen LogP contribution in [-0.2, 0) is 4.79 Å². The third-order valence-electron chi connectivity index (χ3n) is 6.23. The van der Waals surface area contributed by atoms with Gasteiger partial charge in [-0.05, 0) is 42.3 Å². The Morgan fingerprint density at radius 1 is 1.03 bits per heavy atom. The molecular weight excluding hydrogens is 441 g/mol. The lowest BCUT2D eigenvalue weighted by Gasteiger charge is -2.39. The SMILES string of the molecule is COc1ccccc1N1CCN(C(=O)C2CSC(C(C)C)N2C(=O)c2ccc(F)cc2)CC1. The summed E-state index contributed by atoms with van der Waals surface area (Å²) in [7, 11) is 1.66. The minimum absolute atomic E-state index is 0.0132. The Morgan fingerprint density at radius 2 is 1.70 bits per heavy atom. The topological polar surface area (TPSA) is 53.1 Å². The number of methoxy groups -OCH3 is 1. The lowest BCUT2D eigenvalue weighted by molar-refractivity contribution is -0.135. The van der Waals surface area contributed by atoms with Gasteiger partial charge in [-0.2, -0.15) is 0 Å². The molecule has 8 heteroatoms. The zero-order valence-corrected chi connectivity index (χ0v) is 20.1. The molecule has 2 aliphatic heterocycles. The van der Waals surface area contributed by atoms with E-state index in [2.05, 4.69) is 18.7 Å². The second-order valence-corrected chi connectivity index (χ2v) is 9.84. The first-order valence-electron chi connectivity index (χ1n) is 11.3. The highest BCUT2D eigenvalue weighted by Gasteiger charge is 2.44. The Morgan fingerprint density at radius 3 is 2.33 bits per heavy atom. The van der Waals surface area contributed by atoms with Gasteiger partial charge in [0.25, 0.3) is 5.91 Å². The van der Waals surface area contributed by atoms with E-state index in [1.54, 1.807) is 23.8 Å².